The molecule has 176 valence electrons. The van der Waals surface area contributed by atoms with Gasteiger partial charge in [-0.3, -0.25) is 9.59 Å². The average molecular weight is 474 g/mol. The first-order valence-corrected chi connectivity index (χ1v) is 12.2. The lowest BCUT2D eigenvalue weighted by atomic mass is 10.1. The van der Waals surface area contributed by atoms with Gasteiger partial charge in [0.25, 0.3) is 5.91 Å². The molecular weight excluding hydrogens is 446 g/mol. The Balaban J connectivity index is 1.34. The lowest BCUT2D eigenvalue weighted by molar-refractivity contribution is -0.132. The van der Waals surface area contributed by atoms with Crippen LogP contribution in [0.3, 0.4) is 0 Å². The molecule has 2 aliphatic heterocycles. The molecule has 33 heavy (non-hydrogen) atoms. The zero-order valence-electron chi connectivity index (χ0n) is 18.6. The number of piperazine rings is 1. The lowest BCUT2D eigenvalue weighted by Gasteiger charge is -2.34. The highest BCUT2D eigenvalue weighted by molar-refractivity contribution is 7.89. The molecule has 1 fully saturated rings. The molecule has 0 unspecified atom stereocenters. The van der Waals surface area contributed by atoms with Gasteiger partial charge in [0.05, 0.1) is 17.7 Å². The van der Waals surface area contributed by atoms with Crippen LogP contribution in [0.4, 0.5) is 5.69 Å². The highest BCUT2D eigenvalue weighted by atomic mass is 32.2. The van der Waals surface area contributed by atoms with Crippen molar-refractivity contribution in [3.05, 3.63) is 48.0 Å². The Morgan fingerprint density at radius 1 is 1.12 bits per heavy atom. The molecule has 2 amide bonds. The Kier molecular flexibility index (Phi) is 6.57. The minimum atomic E-state index is -3.76. The fourth-order valence-corrected chi connectivity index (χ4v) is 5.33. The second kappa shape index (κ2) is 9.40. The van der Waals surface area contributed by atoms with Gasteiger partial charge in [-0.1, -0.05) is 12.1 Å². The summed E-state index contributed by atoms with van der Waals surface area (Å²) in [6.07, 6.45) is 0.348. The maximum absolute atomic E-state index is 13.1. The number of hydrogen-bond acceptors (Lipinski definition) is 6. The van der Waals surface area contributed by atoms with Crippen LogP contribution >= 0.6 is 0 Å². The number of rotatable bonds is 6. The number of anilines is 1. The predicted molar refractivity (Wildman–Crippen MR) is 122 cm³/mol. The van der Waals surface area contributed by atoms with Gasteiger partial charge in [-0.15, -0.1) is 0 Å². The van der Waals surface area contributed by atoms with E-state index < -0.39 is 16.1 Å². The zero-order chi connectivity index (χ0) is 23.6. The monoisotopic (exact) mass is 473 g/mol. The second-order valence-electron chi connectivity index (χ2n) is 8.04. The molecule has 1 saturated heterocycles. The van der Waals surface area contributed by atoms with Crippen LogP contribution in [0.1, 0.15) is 18.9 Å². The van der Waals surface area contributed by atoms with Gasteiger partial charge in [-0.05, 0) is 49.2 Å². The van der Waals surface area contributed by atoms with E-state index in [4.69, 9.17) is 9.47 Å². The number of nitrogens with one attached hydrogen (secondary N) is 1. The van der Waals surface area contributed by atoms with Gasteiger partial charge in [-0.2, -0.15) is 4.31 Å². The third kappa shape index (κ3) is 4.96. The van der Waals surface area contributed by atoms with Crippen LogP contribution in [0.25, 0.3) is 0 Å². The highest BCUT2D eigenvalue weighted by Crippen LogP contribution is 2.33. The molecule has 0 bridgehead atoms. The normalized spacial score (nSPS) is 18.8. The van der Waals surface area contributed by atoms with Crippen molar-refractivity contribution in [2.75, 3.05) is 38.6 Å². The molecule has 0 aliphatic carbocycles. The van der Waals surface area contributed by atoms with Crippen molar-refractivity contribution >= 4 is 27.5 Å². The molecule has 0 saturated carbocycles. The molecule has 1 atom stereocenters. The van der Waals surface area contributed by atoms with Gasteiger partial charge in [0.15, 0.2) is 6.10 Å². The van der Waals surface area contributed by atoms with E-state index in [-0.39, 0.29) is 29.8 Å². The van der Waals surface area contributed by atoms with Gasteiger partial charge in [0.1, 0.15) is 11.5 Å². The lowest BCUT2D eigenvalue weighted by Crippen LogP contribution is -2.50. The van der Waals surface area contributed by atoms with Crippen molar-refractivity contribution in [3.8, 4) is 11.5 Å². The van der Waals surface area contributed by atoms with E-state index in [2.05, 4.69) is 5.32 Å². The summed E-state index contributed by atoms with van der Waals surface area (Å²) in [5.41, 5.74) is 1.38. The maximum Gasteiger partial charge on any atom is 0.265 e. The Morgan fingerprint density at radius 3 is 2.48 bits per heavy atom. The van der Waals surface area contributed by atoms with Crippen LogP contribution < -0.4 is 14.8 Å². The third-order valence-electron chi connectivity index (χ3n) is 5.90. The van der Waals surface area contributed by atoms with Crippen LogP contribution in [0.2, 0.25) is 0 Å². The number of fused-ring (bicyclic) bond motifs is 1. The molecule has 2 aromatic carbocycles. The number of nitrogens with zero attached hydrogens (tertiary/aromatic N) is 2. The number of hydrogen-bond donors (Lipinski definition) is 1. The number of ether oxygens (including phenoxy) is 2. The number of methoxy groups -OCH3 is 1. The number of sulfonamides is 1. The van der Waals surface area contributed by atoms with Gasteiger partial charge in [0.2, 0.25) is 15.9 Å². The average Bonchev–Trinajstić information content (AvgIpc) is 2.83. The van der Waals surface area contributed by atoms with Crippen LogP contribution in [0.15, 0.2) is 47.4 Å². The third-order valence-corrected chi connectivity index (χ3v) is 7.79. The minimum absolute atomic E-state index is 0.00521. The minimum Gasteiger partial charge on any atom is -0.497 e. The molecule has 10 heteroatoms. The van der Waals surface area contributed by atoms with E-state index in [1.807, 2.05) is 24.3 Å². The Labute approximate surface area is 193 Å². The summed E-state index contributed by atoms with van der Waals surface area (Å²) < 4.78 is 38.2. The number of carbonyl (C=O) groups excluding carboxylic acids is 2. The molecule has 2 aliphatic rings. The summed E-state index contributed by atoms with van der Waals surface area (Å²) in [7, 11) is -2.15. The standard InChI is InChI=1S/C23H27N3O6S/c1-16-23(28)24-20-15-19(8-9-21(20)32-16)33(29,30)26-13-11-25(12-14-26)22(27)10-5-17-3-6-18(31-2)7-4-17/h3-4,6-9,15-16H,5,10-14H2,1-2H3,(H,24,28)/t16-/m0/s1. The Hall–Kier alpha value is -3.11. The van der Waals surface area contributed by atoms with Crippen LogP contribution in [-0.2, 0) is 26.0 Å². The zero-order valence-corrected chi connectivity index (χ0v) is 19.4. The summed E-state index contributed by atoms with van der Waals surface area (Å²) >= 11 is 0. The second-order valence-corrected chi connectivity index (χ2v) is 9.98. The first-order valence-electron chi connectivity index (χ1n) is 10.8. The largest absolute Gasteiger partial charge is 0.497 e. The van der Waals surface area contributed by atoms with Gasteiger partial charge in [-0.25, -0.2) is 8.42 Å². The molecule has 0 aromatic heterocycles. The van der Waals surface area contributed by atoms with Crippen LogP contribution in [0.5, 0.6) is 11.5 Å². The van der Waals surface area contributed by atoms with Crippen molar-refractivity contribution in [2.45, 2.75) is 30.8 Å². The Morgan fingerprint density at radius 2 is 1.82 bits per heavy atom. The number of aryl methyl sites for hydroxylation is 1. The highest BCUT2D eigenvalue weighted by Gasteiger charge is 2.32. The van der Waals surface area contributed by atoms with Crippen molar-refractivity contribution < 1.29 is 27.5 Å². The van der Waals surface area contributed by atoms with Gasteiger partial charge in [0, 0.05) is 32.6 Å². The van der Waals surface area contributed by atoms with Crippen LogP contribution in [-0.4, -0.2) is 68.8 Å². The van der Waals surface area contributed by atoms with Crippen molar-refractivity contribution in [1.29, 1.82) is 0 Å². The summed E-state index contributed by atoms with van der Waals surface area (Å²) in [6, 6.07) is 12.0. The summed E-state index contributed by atoms with van der Waals surface area (Å²) in [5.74, 6) is 0.892. The molecule has 2 aromatic rings. The van der Waals surface area contributed by atoms with E-state index in [0.29, 0.717) is 37.4 Å². The van der Waals surface area contributed by atoms with Gasteiger partial charge >= 0.3 is 0 Å². The van der Waals surface area contributed by atoms with E-state index >= 15 is 0 Å². The molecule has 9 nitrogen and oxygen atoms in total. The molecule has 1 N–H and O–H groups in total. The predicted octanol–water partition coefficient (Wildman–Crippen LogP) is 1.88. The van der Waals surface area contributed by atoms with Crippen LogP contribution in [0, 0.1) is 0 Å². The van der Waals surface area contributed by atoms with E-state index in [1.54, 1.807) is 25.0 Å². The van der Waals surface area contributed by atoms with Crippen molar-refractivity contribution in [1.82, 2.24) is 9.21 Å². The summed E-state index contributed by atoms with van der Waals surface area (Å²) in [4.78, 5) is 26.3. The SMILES string of the molecule is COc1ccc(CCC(=O)N2CCN(S(=O)(=O)c3ccc4c(c3)NC(=O)[C@H](C)O4)CC2)cc1. The number of amides is 2. The quantitative estimate of drug-likeness (QED) is 0.687. The maximum atomic E-state index is 13.1. The fraction of sp³-hybridized carbons (Fsp3) is 0.391. The van der Waals surface area contributed by atoms with Crippen molar-refractivity contribution in [2.24, 2.45) is 0 Å². The van der Waals surface area contributed by atoms with E-state index in [1.165, 1.54) is 16.4 Å². The molecule has 0 spiro atoms. The summed E-state index contributed by atoms with van der Waals surface area (Å²) in [6.45, 7) is 2.73. The molecule has 2 heterocycles. The van der Waals surface area contributed by atoms with Gasteiger partial charge < -0.3 is 19.7 Å². The first kappa shape index (κ1) is 23.1. The molecule has 0 radical (unpaired) electrons. The smallest absolute Gasteiger partial charge is 0.265 e. The molecule has 4 rings (SSSR count). The van der Waals surface area contributed by atoms with E-state index in [0.717, 1.165) is 11.3 Å². The van der Waals surface area contributed by atoms with E-state index in [9.17, 15) is 18.0 Å². The van der Waals surface area contributed by atoms with Crippen molar-refractivity contribution in [3.63, 3.8) is 0 Å². The fourth-order valence-electron chi connectivity index (χ4n) is 3.88. The Bertz CT molecular complexity index is 1140. The summed E-state index contributed by atoms with van der Waals surface area (Å²) in [5, 5.41) is 2.67. The number of benzene rings is 2. The first-order chi connectivity index (χ1) is 15.8. The number of carbonyl (C=O) groups is 2. The topological polar surface area (TPSA) is 105 Å². The molecular formula is C23H27N3O6S.